The fraction of sp³-hybridized carbons (Fsp3) is 0.323. The molecule has 0 radical (unpaired) electrons. The lowest BCUT2D eigenvalue weighted by molar-refractivity contribution is -0.133. The molecule has 1 unspecified atom stereocenters. The van der Waals surface area contributed by atoms with Crippen molar-refractivity contribution in [3.8, 4) is 17.2 Å². The zero-order chi connectivity index (χ0) is 28.2. The van der Waals surface area contributed by atoms with Gasteiger partial charge in [-0.2, -0.15) is 0 Å². The van der Waals surface area contributed by atoms with E-state index in [1.165, 1.54) is 18.7 Å². The molecule has 0 bridgehead atoms. The number of carbonyl (C=O) groups excluding carboxylic acids is 2. The predicted octanol–water partition coefficient (Wildman–Crippen LogP) is 6.53. The maximum atomic E-state index is 12.7. The molecule has 0 aliphatic rings. The minimum Gasteiger partial charge on any atom is -0.507 e. The van der Waals surface area contributed by atoms with Gasteiger partial charge in [0.2, 0.25) is 0 Å². The molecule has 1 atom stereocenters. The van der Waals surface area contributed by atoms with E-state index >= 15 is 0 Å². The molecule has 3 aromatic rings. The molecule has 0 spiro atoms. The van der Waals surface area contributed by atoms with Crippen molar-refractivity contribution in [3.05, 3.63) is 89.0 Å². The number of phenols is 1. The summed E-state index contributed by atoms with van der Waals surface area (Å²) in [5.41, 5.74) is 2.40. The summed E-state index contributed by atoms with van der Waals surface area (Å²) < 4.78 is 11.7. The largest absolute Gasteiger partial charge is 0.507 e. The average Bonchev–Trinajstić information content (AvgIpc) is 2.93. The number of carboxylic acid groups (broad SMARTS) is 1. The van der Waals surface area contributed by atoms with E-state index in [4.69, 9.17) is 14.6 Å². The minimum absolute atomic E-state index is 0.0107. The van der Waals surface area contributed by atoms with Gasteiger partial charge in [-0.15, -0.1) is 11.8 Å². The van der Waals surface area contributed by atoms with Crippen molar-refractivity contribution in [3.63, 3.8) is 0 Å². The van der Waals surface area contributed by atoms with Crippen molar-refractivity contribution in [1.29, 1.82) is 0 Å². The number of rotatable bonds is 16. The number of ketones is 2. The Labute approximate surface area is 233 Å². The number of hydrogen-bond donors (Lipinski definition) is 2. The second-order valence-electron chi connectivity index (χ2n) is 9.05. The zero-order valence-corrected chi connectivity index (χ0v) is 23.0. The quantitative estimate of drug-likeness (QED) is 0.153. The third kappa shape index (κ3) is 8.89. The number of aromatic hydroxyl groups is 1. The smallest absolute Gasteiger partial charge is 0.313 e. The average molecular weight is 551 g/mol. The number of carboxylic acids is 1. The molecular formula is C31H34O7S. The number of ether oxygens (including phenoxy) is 2. The molecule has 0 heterocycles. The predicted molar refractivity (Wildman–Crippen MR) is 152 cm³/mol. The van der Waals surface area contributed by atoms with E-state index in [2.05, 4.69) is 0 Å². The zero-order valence-electron chi connectivity index (χ0n) is 22.2. The minimum atomic E-state index is -0.925. The van der Waals surface area contributed by atoms with Gasteiger partial charge < -0.3 is 19.7 Å². The van der Waals surface area contributed by atoms with Crippen LogP contribution in [0.2, 0.25) is 0 Å². The second kappa shape index (κ2) is 15.0. The van der Waals surface area contributed by atoms with E-state index < -0.39 is 5.97 Å². The molecule has 0 saturated carbocycles. The van der Waals surface area contributed by atoms with Crippen LogP contribution in [0.25, 0.3) is 0 Å². The van der Waals surface area contributed by atoms with E-state index in [0.29, 0.717) is 54.2 Å². The molecule has 0 saturated heterocycles. The number of carbonyl (C=O) groups is 3. The Morgan fingerprint density at radius 3 is 2.26 bits per heavy atom. The molecule has 3 aromatic carbocycles. The highest BCUT2D eigenvalue weighted by molar-refractivity contribution is 8.00. The Morgan fingerprint density at radius 2 is 1.62 bits per heavy atom. The summed E-state index contributed by atoms with van der Waals surface area (Å²) in [5.74, 6) is -0.0330. The lowest BCUT2D eigenvalue weighted by Crippen LogP contribution is -2.09. The molecule has 39 heavy (non-hydrogen) atoms. The molecule has 8 heteroatoms. The maximum absolute atomic E-state index is 12.7. The van der Waals surface area contributed by atoms with Gasteiger partial charge in [0, 0.05) is 29.2 Å². The van der Waals surface area contributed by atoms with Crippen molar-refractivity contribution >= 4 is 29.3 Å². The van der Waals surface area contributed by atoms with E-state index in [1.807, 2.05) is 49.4 Å². The number of Topliss-reactive ketones (excluding diaryl/α,β-unsaturated/α-hetero) is 2. The third-order valence-corrected chi connectivity index (χ3v) is 7.32. The van der Waals surface area contributed by atoms with E-state index in [1.54, 1.807) is 24.3 Å². The number of benzene rings is 3. The fourth-order valence-electron chi connectivity index (χ4n) is 4.09. The second-order valence-corrected chi connectivity index (χ2v) is 10.2. The molecule has 0 aromatic heterocycles. The summed E-state index contributed by atoms with van der Waals surface area (Å²) in [6, 6.07) is 19.6. The van der Waals surface area contributed by atoms with Crippen molar-refractivity contribution < 1.29 is 34.1 Å². The van der Waals surface area contributed by atoms with Gasteiger partial charge in [-0.05, 0) is 43.2 Å². The maximum Gasteiger partial charge on any atom is 0.313 e. The van der Waals surface area contributed by atoms with Crippen LogP contribution >= 0.6 is 11.8 Å². The van der Waals surface area contributed by atoms with Crippen LogP contribution in [0.5, 0.6) is 17.2 Å². The van der Waals surface area contributed by atoms with E-state index in [0.717, 1.165) is 12.0 Å². The summed E-state index contributed by atoms with van der Waals surface area (Å²) in [6.45, 7) is 4.21. The molecule has 3 rings (SSSR count). The molecule has 0 aliphatic carbocycles. The molecule has 0 amide bonds. The molecule has 7 nitrogen and oxygen atoms in total. The standard InChI is InChI=1S/C31H34O7S/c1-3-8-26-28(16-15-25(21(2)32)31(26)36)38-18-7-17-37-24-13-11-23(12-14-24)29(39-20-30(34)35)19-27(33)22-9-5-4-6-10-22/h4-6,9-16,29,36H,3,7-8,17-20H2,1-2H3,(H,34,35). The van der Waals surface area contributed by atoms with Crippen LogP contribution in [0.4, 0.5) is 0 Å². The summed E-state index contributed by atoms with van der Waals surface area (Å²) in [7, 11) is 0. The van der Waals surface area contributed by atoms with Gasteiger partial charge in [-0.3, -0.25) is 14.4 Å². The van der Waals surface area contributed by atoms with Gasteiger partial charge in [-0.25, -0.2) is 0 Å². The SMILES string of the molecule is CCCc1c(OCCCOc2ccc(C(CC(=O)c3ccccc3)SCC(=O)O)cc2)ccc(C(C)=O)c1O. The monoisotopic (exact) mass is 550 g/mol. The van der Waals surface area contributed by atoms with Crippen LogP contribution in [0.1, 0.15) is 70.2 Å². The van der Waals surface area contributed by atoms with Crippen LogP contribution in [0, 0.1) is 0 Å². The van der Waals surface area contributed by atoms with Crippen LogP contribution < -0.4 is 9.47 Å². The lowest BCUT2D eigenvalue weighted by atomic mass is 10.0. The number of thioether (sulfide) groups is 1. The Kier molecular flexibility index (Phi) is 11.4. The molecule has 0 fully saturated rings. The highest BCUT2D eigenvalue weighted by Crippen LogP contribution is 2.35. The first-order valence-electron chi connectivity index (χ1n) is 12.9. The first-order chi connectivity index (χ1) is 18.8. The summed E-state index contributed by atoms with van der Waals surface area (Å²) in [4.78, 5) is 35.6. The number of aliphatic carboxylic acids is 1. The molecule has 206 valence electrons. The van der Waals surface area contributed by atoms with E-state index in [-0.39, 0.29) is 34.7 Å². The van der Waals surface area contributed by atoms with Gasteiger partial charge in [0.25, 0.3) is 0 Å². The highest BCUT2D eigenvalue weighted by atomic mass is 32.2. The highest BCUT2D eigenvalue weighted by Gasteiger charge is 2.19. The van der Waals surface area contributed by atoms with Gasteiger partial charge in [0.15, 0.2) is 11.6 Å². The topological polar surface area (TPSA) is 110 Å². The third-order valence-electron chi connectivity index (χ3n) is 6.06. The lowest BCUT2D eigenvalue weighted by Gasteiger charge is -2.17. The van der Waals surface area contributed by atoms with Crippen LogP contribution in [-0.2, 0) is 11.2 Å². The molecular weight excluding hydrogens is 516 g/mol. The summed E-state index contributed by atoms with van der Waals surface area (Å²) in [5, 5.41) is 19.3. The van der Waals surface area contributed by atoms with Gasteiger partial charge in [0.1, 0.15) is 17.2 Å². The fourth-order valence-corrected chi connectivity index (χ4v) is 5.06. The first kappa shape index (κ1) is 29.8. The van der Waals surface area contributed by atoms with Crippen molar-refractivity contribution in [2.24, 2.45) is 0 Å². The Hall–Kier alpha value is -3.78. The first-order valence-corrected chi connectivity index (χ1v) is 14.0. The van der Waals surface area contributed by atoms with Crippen molar-refractivity contribution in [1.82, 2.24) is 0 Å². The normalized spacial score (nSPS) is 11.5. The van der Waals surface area contributed by atoms with Crippen LogP contribution in [0.3, 0.4) is 0 Å². The summed E-state index contributed by atoms with van der Waals surface area (Å²) in [6.07, 6.45) is 2.21. The molecule has 2 N–H and O–H groups in total. The van der Waals surface area contributed by atoms with Crippen LogP contribution in [-0.4, -0.2) is 46.7 Å². The van der Waals surface area contributed by atoms with Gasteiger partial charge >= 0.3 is 5.97 Å². The summed E-state index contributed by atoms with van der Waals surface area (Å²) >= 11 is 1.23. The Morgan fingerprint density at radius 1 is 0.923 bits per heavy atom. The van der Waals surface area contributed by atoms with Crippen molar-refractivity contribution in [2.75, 3.05) is 19.0 Å². The van der Waals surface area contributed by atoms with Gasteiger partial charge in [0.05, 0.1) is 24.5 Å². The van der Waals surface area contributed by atoms with Gasteiger partial charge in [-0.1, -0.05) is 55.8 Å². The van der Waals surface area contributed by atoms with Crippen LogP contribution in [0.15, 0.2) is 66.7 Å². The Balaban J connectivity index is 1.54. The number of phenolic OH excluding ortho intramolecular Hbond substituents is 1. The van der Waals surface area contributed by atoms with E-state index in [9.17, 15) is 19.5 Å². The molecule has 0 aliphatic heterocycles. The number of hydrogen-bond acceptors (Lipinski definition) is 7. The van der Waals surface area contributed by atoms with Crippen molar-refractivity contribution in [2.45, 2.75) is 44.8 Å². The Bertz CT molecular complexity index is 1260.